The zero-order valence-electron chi connectivity index (χ0n) is 10.3. The molecule has 1 saturated carbocycles. The molecule has 2 fully saturated rings. The average molecular weight is 268 g/mol. The molecule has 0 unspecified atom stereocenters. The van der Waals surface area contributed by atoms with Crippen molar-refractivity contribution in [3.05, 3.63) is 0 Å². The standard InChI is InChI=1S/C9H18N2.C2HF3O2/c1-7-4-10-5-8(7)6-11-9-2-3-9;3-2(4,5)1(6)7/h7-11H,2-6H2,1H3;(H,6,7)/t7-,8+;/m0./s1. The maximum atomic E-state index is 10.6. The van der Waals surface area contributed by atoms with E-state index in [-0.39, 0.29) is 0 Å². The first kappa shape index (κ1) is 15.2. The maximum absolute atomic E-state index is 10.6. The van der Waals surface area contributed by atoms with E-state index in [1.54, 1.807) is 0 Å². The van der Waals surface area contributed by atoms with Gasteiger partial charge in [0.15, 0.2) is 0 Å². The summed E-state index contributed by atoms with van der Waals surface area (Å²) in [5, 5.41) is 14.1. The molecule has 4 nitrogen and oxygen atoms in total. The highest BCUT2D eigenvalue weighted by molar-refractivity contribution is 5.73. The van der Waals surface area contributed by atoms with Crippen molar-refractivity contribution >= 4 is 5.97 Å². The van der Waals surface area contributed by atoms with Gasteiger partial charge in [-0.15, -0.1) is 0 Å². The van der Waals surface area contributed by atoms with Crippen molar-refractivity contribution in [1.29, 1.82) is 0 Å². The maximum Gasteiger partial charge on any atom is 0.490 e. The lowest BCUT2D eigenvalue weighted by Crippen LogP contribution is -2.28. The third-order valence-corrected chi connectivity index (χ3v) is 3.17. The SMILES string of the molecule is C[C@H]1CNC[C@@H]1CNC1CC1.O=C(O)C(F)(F)F. The lowest BCUT2D eigenvalue weighted by molar-refractivity contribution is -0.192. The molecule has 2 rings (SSSR count). The smallest absolute Gasteiger partial charge is 0.475 e. The predicted molar refractivity (Wildman–Crippen MR) is 60.2 cm³/mol. The van der Waals surface area contributed by atoms with E-state index in [9.17, 15) is 13.2 Å². The summed E-state index contributed by atoms with van der Waals surface area (Å²) in [6.07, 6.45) is -2.26. The first-order valence-electron chi connectivity index (χ1n) is 6.05. The predicted octanol–water partition coefficient (Wildman–Crippen LogP) is 1.23. The van der Waals surface area contributed by atoms with Gasteiger partial charge in [-0.2, -0.15) is 13.2 Å². The van der Waals surface area contributed by atoms with E-state index in [1.165, 1.54) is 32.5 Å². The van der Waals surface area contributed by atoms with Crippen LogP contribution < -0.4 is 10.6 Å². The molecule has 3 N–H and O–H groups in total. The van der Waals surface area contributed by atoms with Crippen molar-refractivity contribution in [2.75, 3.05) is 19.6 Å². The molecule has 2 aliphatic rings. The highest BCUT2D eigenvalue weighted by Crippen LogP contribution is 2.21. The van der Waals surface area contributed by atoms with Crippen LogP contribution >= 0.6 is 0 Å². The number of aliphatic carboxylic acids is 1. The van der Waals surface area contributed by atoms with Gasteiger partial charge in [0.2, 0.25) is 0 Å². The fourth-order valence-electron chi connectivity index (χ4n) is 1.74. The molecule has 0 aromatic carbocycles. The Morgan fingerprint density at radius 2 is 1.94 bits per heavy atom. The number of hydrogen-bond donors (Lipinski definition) is 3. The Kier molecular flexibility index (Phi) is 5.40. The Morgan fingerprint density at radius 1 is 1.39 bits per heavy atom. The fourth-order valence-corrected chi connectivity index (χ4v) is 1.74. The van der Waals surface area contributed by atoms with Crippen LogP contribution in [0.25, 0.3) is 0 Å². The second-order valence-electron chi connectivity index (χ2n) is 4.88. The van der Waals surface area contributed by atoms with E-state index in [1.807, 2.05) is 0 Å². The van der Waals surface area contributed by atoms with Crippen molar-refractivity contribution in [2.45, 2.75) is 32.0 Å². The van der Waals surface area contributed by atoms with Gasteiger partial charge in [0.05, 0.1) is 0 Å². The topological polar surface area (TPSA) is 61.4 Å². The molecular formula is C11H19F3N2O2. The summed E-state index contributed by atoms with van der Waals surface area (Å²) in [6, 6.07) is 0.878. The summed E-state index contributed by atoms with van der Waals surface area (Å²) in [4.78, 5) is 8.90. The zero-order valence-corrected chi connectivity index (χ0v) is 10.3. The van der Waals surface area contributed by atoms with Gasteiger partial charge in [0.1, 0.15) is 0 Å². The first-order valence-corrected chi connectivity index (χ1v) is 6.05. The van der Waals surface area contributed by atoms with Gasteiger partial charge in [-0.3, -0.25) is 0 Å². The van der Waals surface area contributed by atoms with Gasteiger partial charge in [-0.25, -0.2) is 4.79 Å². The molecule has 18 heavy (non-hydrogen) atoms. The van der Waals surface area contributed by atoms with Crippen molar-refractivity contribution in [2.24, 2.45) is 11.8 Å². The molecule has 106 valence electrons. The molecule has 0 bridgehead atoms. The van der Waals surface area contributed by atoms with Crippen LogP contribution in [0.15, 0.2) is 0 Å². The van der Waals surface area contributed by atoms with Crippen LogP contribution in [0.1, 0.15) is 19.8 Å². The Hall–Kier alpha value is -0.820. The quantitative estimate of drug-likeness (QED) is 0.720. The van der Waals surface area contributed by atoms with Crippen molar-refractivity contribution in [3.8, 4) is 0 Å². The first-order chi connectivity index (χ1) is 8.30. The van der Waals surface area contributed by atoms with Crippen LogP contribution in [0, 0.1) is 11.8 Å². The lowest BCUT2D eigenvalue weighted by atomic mass is 9.98. The number of carboxylic acid groups (broad SMARTS) is 1. The van der Waals surface area contributed by atoms with E-state index < -0.39 is 12.1 Å². The van der Waals surface area contributed by atoms with Gasteiger partial charge in [0.25, 0.3) is 0 Å². The molecule has 7 heteroatoms. The van der Waals surface area contributed by atoms with Gasteiger partial charge in [-0.1, -0.05) is 6.92 Å². The van der Waals surface area contributed by atoms with Gasteiger partial charge in [0, 0.05) is 6.04 Å². The second kappa shape index (κ2) is 6.38. The number of halogens is 3. The summed E-state index contributed by atoms with van der Waals surface area (Å²) in [5.74, 6) is -0.996. The molecule has 0 radical (unpaired) electrons. The minimum Gasteiger partial charge on any atom is -0.475 e. The molecule has 1 heterocycles. The average Bonchev–Trinajstić information content (AvgIpc) is 2.99. The third-order valence-electron chi connectivity index (χ3n) is 3.17. The summed E-state index contributed by atoms with van der Waals surface area (Å²) < 4.78 is 31.7. The summed E-state index contributed by atoms with van der Waals surface area (Å²) in [5.41, 5.74) is 0. The van der Waals surface area contributed by atoms with Crippen molar-refractivity contribution < 1.29 is 23.1 Å². The molecule has 0 amide bonds. The fraction of sp³-hybridized carbons (Fsp3) is 0.909. The monoisotopic (exact) mass is 268 g/mol. The largest absolute Gasteiger partial charge is 0.490 e. The summed E-state index contributed by atoms with van der Waals surface area (Å²) >= 11 is 0. The molecule has 1 saturated heterocycles. The number of hydrogen-bond acceptors (Lipinski definition) is 3. The third kappa shape index (κ3) is 5.68. The Bertz CT molecular complexity index is 280. The van der Waals surface area contributed by atoms with Gasteiger partial charge < -0.3 is 15.7 Å². The minimum atomic E-state index is -5.08. The van der Waals surface area contributed by atoms with E-state index in [0.29, 0.717) is 0 Å². The second-order valence-corrected chi connectivity index (χ2v) is 4.88. The molecule has 1 aliphatic heterocycles. The molecular weight excluding hydrogens is 249 g/mol. The number of rotatable bonds is 3. The molecule has 1 aliphatic carbocycles. The number of carbonyl (C=O) groups is 1. The normalized spacial score (nSPS) is 27.6. The van der Waals surface area contributed by atoms with E-state index in [0.717, 1.165) is 17.9 Å². The number of alkyl halides is 3. The van der Waals surface area contributed by atoms with Crippen molar-refractivity contribution in [3.63, 3.8) is 0 Å². The van der Waals surface area contributed by atoms with E-state index in [4.69, 9.17) is 9.90 Å². The minimum absolute atomic E-state index is 0.876. The van der Waals surface area contributed by atoms with Crippen LogP contribution in [0.5, 0.6) is 0 Å². The molecule has 0 spiro atoms. The van der Waals surface area contributed by atoms with Crippen LogP contribution in [0.3, 0.4) is 0 Å². The summed E-state index contributed by atoms with van der Waals surface area (Å²) in [6.45, 7) is 6.02. The Labute approximate surface area is 104 Å². The summed E-state index contributed by atoms with van der Waals surface area (Å²) in [7, 11) is 0. The molecule has 2 atom stereocenters. The van der Waals surface area contributed by atoms with E-state index in [2.05, 4.69) is 17.6 Å². The van der Waals surface area contributed by atoms with E-state index >= 15 is 0 Å². The highest BCUT2D eigenvalue weighted by Gasteiger charge is 2.38. The van der Waals surface area contributed by atoms with Crippen molar-refractivity contribution in [1.82, 2.24) is 10.6 Å². The lowest BCUT2D eigenvalue weighted by Gasteiger charge is -2.14. The number of nitrogens with one attached hydrogen (secondary N) is 2. The van der Waals surface area contributed by atoms with Crippen LogP contribution in [-0.4, -0.2) is 42.9 Å². The van der Waals surface area contributed by atoms with Crippen LogP contribution in [0.4, 0.5) is 13.2 Å². The highest BCUT2D eigenvalue weighted by atomic mass is 19.4. The van der Waals surface area contributed by atoms with Gasteiger partial charge >= 0.3 is 12.1 Å². The van der Waals surface area contributed by atoms with Gasteiger partial charge in [-0.05, 0) is 44.3 Å². The van der Waals surface area contributed by atoms with Crippen LogP contribution in [0.2, 0.25) is 0 Å². The Balaban J connectivity index is 0.000000203. The number of carboxylic acids is 1. The zero-order chi connectivity index (χ0) is 13.8. The molecule has 0 aromatic heterocycles. The molecule has 0 aromatic rings. The Morgan fingerprint density at radius 3 is 2.28 bits per heavy atom. The van der Waals surface area contributed by atoms with Crippen LogP contribution in [-0.2, 0) is 4.79 Å².